The molecule has 0 saturated heterocycles. The van der Waals surface area contributed by atoms with E-state index in [1.54, 1.807) is 7.11 Å². The van der Waals surface area contributed by atoms with Gasteiger partial charge in [0.1, 0.15) is 5.75 Å². The molecule has 0 aromatic heterocycles. The molecular weight excluding hydrogens is 274 g/mol. The van der Waals surface area contributed by atoms with Gasteiger partial charge in [-0.15, -0.1) is 0 Å². The topological polar surface area (TPSA) is 38.3 Å². The third-order valence-corrected chi connectivity index (χ3v) is 4.22. The molecule has 3 nitrogen and oxygen atoms in total. The van der Waals surface area contributed by atoms with Crippen LogP contribution < -0.4 is 10.1 Å². The van der Waals surface area contributed by atoms with E-state index < -0.39 is 0 Å². The van der Waals surface area contributed by atoms with E-state index in [0.717, 1.165) is 36.1 Å². The van der Waals surface area contributed by atoms with Crippen molar-refractivity contribution in [1.82, 2.24) is 0 Å². The average Bonchev–Trinajstić information content (AvgIpc) is 2.53. The molecule has 114 valence electrons. The number of benzene rings is 2. The Kier molecular flexibility index (Phi) is 4.14. The summed E-state index contributed by atoms with van der Waals surface area (Å²) in [5.74, 6) is 0.576. The molecule has 1 amide bonds. The first-order valence-electron chi connectivity index (χ1n) is 7.76. The summed E-state index contributed by atoms with van der Waals surface area (Å²) in [4.78, 5) is 12.8. The van der Waals surface area contributed by atoms with Crippen LogP contribution in [0.3, 0.4) is 0 Å². The molecule has 0 atom stereocenters. The van der Waals surface area contributed by atoms with E-state index >= 15 is 0 Å². The van der Waals surface area contributed by atoms with Crippen molar-refractivity contribution < 1.29 is 9.53 Å². The summed E-state index contributed by atoms with van der Waals surface area (Å²) in [6.45, 7) is 2.01. The fourth-order valence-corrected chi connectivity index (χ4v) is 3.14. The summed E-state index contributed by atoms with van der Waals surface area (Å²) >= 11 is 0. The van der Waals surface area contributed by atoms with E-state index in [1.165, 1.54) is 12.0 Å². The van der Waals surface area contributed by atoms with Crippen LogP contribution in [0.2, 0.25) is 0 Å². The second-order valence-electron chi connectivity index (χ2n) is 5.81. The number of hydrogen-bond donors (Lipinski definition) is 1. The zero-order valence-corrected chi connectivity index (χ0v) is 13.1. The zero-order chi connectivity index (χ0) is 15.5. The van der Waals surface area contributed by atoms with Gasteiger partial charge in [0.2, 0.25) is 0 Å². The average molecular weight is 295 g/mol. The molecule has 0 saturated carbocycles. The predicted molar refractivity (Wildman–Crippen MR) is 88.8 cm³/mol. The highest BCUT2D eigenvalue weighted by Crippen LogP contribution is 2.31. The van der Waals surface area contributed by atoms with Crippen molar-refractivity contribution in [3.63, 3.8) is 0 Å². The van der Waals surface area contributed by atoms with Gasteiger partial charge in [-0.3, -0.25) is 4.79 Å². The molecule has 0 fully saturated rings. The lowest BCUT2D eigenvalue weighted by molar-refractivity contribution is 0.102. The summed E-state index contributed by atoms with van der Waals surface area (Å²) < 4.78 is 5.43. The second-order valence-corrected chi connectivity index (χ2v) is 5.81. The zero-order valence-electron chi connectivity index (χ0n) is 13.1. The Bertz CT molecular complexity index is 707. The lowest BCUT2D eigenvalue weighted by Gasteiger charge is -2.21. The summed E-state index contributed by atoms with van der Waals surface area (Å²) in [7, 11) is 1.62. The quantitative estimate of drug-likeness (QED) is 0.924. The molecule has 1 N–H and O–H groups in total. The van der Waals surface area contributed by atoms with E-state index in [9.17, 15) is 4.79 Å². The third kappa shape index (κ3) is 2.84. The highest BCUT2D eigenvalue weighted by Gasteiger charge is 2.22. The molecule has 2 aromatic carbocycles. The minimum atomic E-state index is -0.0822. The van der Waals surface area contributed by atoms with Gasteiger partial charge in [0, 0.05) is 5.69 Å². The Morgan fingerprint density at radius 2 is 1.95 bits per heavy atom. The smallest absolute Gasteiger partial charge is 0.259 e. The van der Waals surface area contributed by atoms with Crippen molar-refractivity contribution in [2.75, 3.05) is 12.4 Å². The molecule has 22 heavy (non-hydrogen) atoms. The molecule has 1 aliphatic carbocycles. The maximum absolute atomic E-state index is 12.8. The van der Waals surface area contributed by atoms with Crippen molar-refractivity contribution in [2.45, 2.75) is 32.6 Å². The van der Waals surface area contributed by atoms with Gasteiger partial charge in [-0.25, -0.2) is 0 Å². The first kappa shape index (κ1) is 14.6. The molecule has 0 aliphatic heterocycles. The number of carbonyl (C=O) groups excluding carboxylic acids is 1. The molecule has 3 heteroatoms. The minimum absolute atomic E-state index is 0.0822. The minimum Gasteiger partial charge on any atom is -0.496 e. The first-order chi connectivity index (χ1) is 10.7. The molecule has 0 unspecified atom stereocenters. The van der Waals surface area contributed by atoms with Crippen molar-refractivity contribution in [2.24, 2.45) is 0 Å². The van der Waals surface area contributed by atoms with Crippen LogP contribution in [0.15, 0.2) is 36.4 Å². The number of nitrogens with one attached hydrogen (secondary N) is 1. The van der Waals surface area contributed by atoms with Gasteiger partial charge in [-0.2, -0.15) is 0 Å². The number of fused-ring (bicyclic) bond motifs is 1. The van der Waals surface area contributed by atoms with Gasteiger partial charge in [0.25, 0.3) is 5.91 Å². The largest absolute Gasteiger partial charge is 0.496 e. The number of hydrogen-bond acceptors (Lipinski definition) is 2. The van der Waals surface area contributed by atoms with Crippen LogP contribution in [0.1, 0.15) is 39.9 Å². The van der Waals surface area contributed by atoms with Crippen LogP contribution in [0.25, 0.3) is 0 Å². The molecule has 2 aromatic rings. The van der Waals surface area contributed by atoms with Gasteiger partial charge >= 0.3 is 0 Å². The molecule has 1 aliphatic rings. The van der Waals surface area contributed by atoms with Crippen molar-refractivity contribution in [3.8, 4) is 5.75 Å². The number of ether oxygens (including phenoxy) is 1. The highest BCUT2D eigenvalue weighted by molar-refractivity contribution is 6.07. The standard InChI is InChI=1S/C19H21NO2/c1-13-6-5-8-15(12-13)20-19(21)18-16-9-4-3-7-14(16)10-11-17(18)22-2/h5-6,8,10-12H,3-4,7,9H2,1-2H3,(H,20,21). The van der Waals surface area contributed by atoms with E-state index in [2.05, 4.69) is 11.4 Å². The van der Waals surface area contributed by atoms with Crippen LogP contribution in [-0.4, -0.2) is 13.0 Å². The molecule has 0 heterocycles. The normalized spacial score (nSPS) is 13.4. The van der Waals surface area contributed by atoms with E-state index in [4.69, 9.17) is 4.74 Å². The Morgan fingerprint density at radius 1 is 1.14 bits per heavy atom. The monoisotopic (exact) mass is 295 g/mol. The van der Waals surface area contributed by atoms with E-state index in [-0.39, 0.29) is 5.91 Å². The fourth-order valence-electron chi connectivity index (χ4n) is 3.14. The van der Waals surface area contributed by atoms with Crippen LogP contribution >= 0.6 is 0 Å². The summed E-state index contributed by atoms with van der Waals surface area (Å²) in [6.07, 6.45) is 4.32. The molecular formula is C19H21NO2. The Hall–Kier alpha value is -2.29. The Morgan fingerprint density at radius 3 is 2.73 bits per heavy atom. The van der Waals surface area contributed by atoms with Crippen LogP contribution in [-0.2, 0) is 12.8 Å². The number of aryl methyl sites for hydroxylation is 2. The highest BCUT2D eigenvalue weighted by atomic mass is 16.5. The number of methoxy groups -OCH3 is 1. The summed E-state index contributed by atoms with van der Waals surface area (Å²) in [5.41, 5.74) is 5.07. The molecule has 0 radical (unpaired) electrons. The van der Waals surface area contributed by atoms with Crippen molar-refractivity contribution in [1.29, 1.82) is 0 Å². The van der Waals surface area contributed by atoms with Crippen molar-refractivity contribution in [3.05, 3.63) is 58.7 Å². The molecule has 0 spiro atoms. The van der Waals surface area contributed by atoms with Crippen LogP contribution in [0.4, 0.5) is 5.69 Å². The maximum Gasteiger partial charge on any atom is 0.259 e. The van der Waals surface area contributed by atoms with Gasteiger partial charge < -0.3 is 10.1 Å². The van der Waals surface area contributed by atoms with E-state index in [0.29, 0.717) is 11.3 Å². The van der Waals surface area contributed by atoms with Crippen LogP contribution in [0, 0.1) is 6.92 Å². The van der Waals surface area contributed by atoms with Gasteiger partial charge in [0.05, 0.1) is 12.7 Å². The number of anilines is 1. The van der Waals surface area contributed by atoms with Gasteiger partial charge in [0.15, 0.2) is 0 Å². The maximum atomic E-state index is 12.8. The third-order valence-electron chi connectivity index (χ3n) is 4.22. The number of rotatable bonds is 3. The van der Waals surface area contributed by atoms with Gasteiger partial charge in [-0.1, -0.05) is 18.2 Å². The predicted octanol–water partition coefficient (Wildman–Crippen LogP) is 4.13. The molecule has 0 bridgehead atoms. The Balaban J connectivity index is 1.97. The van der Waals surface area contributed by atoms with Gasteiger partial charge in [-0.05, 0) is 67.5 Å². The second kappa shape index (κ2) is 6.22. The first-order valence-corrected chi connectivity index (χ1v) is 7.76. The van der Waals surface area contributed by atoms with Crippen LogP contribution in [0.5, 0.6) is 5.75 Å². The Labute approximate surface area is 131 Å². The van der Waals surface area contributed by atoms with E-state index in [1.807, 2.05) is 37.3 Å². The van der Waals surface area contributed by atoms with Crippen molar-refractivity contribution >= 4 is 11.6 Å². The lowest BCUT2D eigenvalue weighted by Crippen LogP contribution is -2.18. The number of amides is 1. The summed E-state index contributed by atoms with van der Waals surface area (Å²) in [6, 6.07) is 11.8. The summed E-state index contributed by atoms with van der Waals surface area (Å²) in [5, 5.41) is 3.00. The molecule has 3 rings (SSSR count). The number of carbonyl (C=O) groups is 1. The SMILES string of the molecule is COc1ccc2c(c1C(=O)Nc1cccc(C)c1)CCCC2. The fraction of sp³-hybridized carbons (Fsp3) is 0.316. The lowest BCUT2D eigenvalue weighted by atomic mass is 9.87.